The number of cyclic esters (lactones) is 1. The molecule has 0 unspecified atom stereocenters. The summed E-state index contributed by atoms with van der Waals surface area (Å²) in [4.78, 5) is 17.2. The maximum absolute atomic E-state index is 14.3. The Morgan fingerprint density at radius 1 is 0.829 bits per heavy atom. The van der Waals surface area contributed by atoms with Gasteiger partial charge in [-0.2, -0.15) is 0 Å². The second-order valence-electron chi connectivity index (χ2n) is 7.57. The third-order valence-electron chi connectivity index (χ3n) is 5.58. The summed E-state index contributed by atoms with van der Waals surface area (Å²) < 4.78 is 42.2. The third-order valence-corrected chi connectivity index (χ3v) is 5.58. The summed E-state index contributed by atoms with van der Waals surface area (Å²) in [5.74, 6) is 0.951. The zero-order valence-electron chi connectivity index (χ0n) is 19.1. The molecule has 0 N–H and O–H groups in total. The molecular formula is C27H20FNO6. The topological polar surface area (TPSA) is 75.6 Å². The SMILES string of the molecule is COc1cc(C2=C/C(=C3/N=C(c4ccccc4F)OC3=O)c3ccccc3O2)cc(OC)c1OC. The number of fused-ring (bicyclic) bond motifs is 1. The summed E-state index contributed by atoms with van der Waals surface area (Å²) in [5.41, 5.74) is 1.90. The average molecular weight is 473 g/mol. The fourth-order valence-electron chi connectivity index (χ4n) is 3.92. The van der Waals surface area contributed by atoms with Gasteiger partial charge in [0.05, 0.1) is 26.9 Å². The maximum atomic E-state index is 14.3. The van der Waals surface area contributed by atoms with Gasteiger partial charge in [0.1, 0.15) is 17.3 Å². The van der Waals surface area contributed by atoms with Crippen LogP contribution < -0.4 is 18.9 Å². The lowest BCUT2D eigenvalue weighted by Gasteiger charge is -2.22. The highest BCUT2D eigenvalue weighted by atomic mass is 19.1. The van der Waals surface area contributed by atoms with Crippen LogP contribution in [0.5, 0.6) is 23.0 Å². The second kappa shape index (κ2) is 8.98. The summed E-state index contributed by atoms with van der Waals surface area (Å²) in [5, 5.41) is 0. The van der Waals surface area contributed by atoms with Crippen molar-refractivity contribution in [1.82, 2.24) is 0 Å². The van der Waals surface area contributed by atoms with Crippen molar-refractivity contribution in [1.29, 1.82) is 0 Å². The van der Waals surface area contributed by atoms with E-state index in [9.17, 15) is 9.18 Å². The van der Waals surface area contributed by atoms with Gasteiger partial charge in [-0.05, 0) is 36.4 Å². The summed E-state index contributed by atoms with van der Waals surface area (Å²) >= 11 is 0. The molecule has 2 aliphatic rings. The lowest BCUT2D eigenvalue weighted by molar-refractivity contribution is -0.129. The molecule has 3 aromatic carbocycles. The first-order valence-electron chi connectivity index (χ1n) is 10.6. The molecule has 8 heteroatoms. The summed E-state index contributed by atoms with van der Waals surface area (Å²) in [6.45, 7) is 0. The zero-order chi connectivity index (χ0) is 24.5. The Labute approximate surface area is 200 Å². The van der Waals surface area contributed by atoms with Crippen molar-refractivity contribution in [3.05, 3.63) is 94.9 Å². The van der Waals surface area contributed by atoms with Gasteiger partial charge in [-0.3, -0.25) is 0 Å². The van der Waals surface area contributed by atoms with E-state index in [0.717, 1.165) is 0 Å². The van der Waals surface area contributed by atoms with E-state index in [1.165, 1.54) is 33.5 Å². The molecule has 3 aromatic rings. The molecule has 0 aliphatic carbocycles. The van der Waals surface area contributed by atoms with Crippen molar-refractivity contribution >= 4 is 23.2 Å². The number of allylic oxidation sites excluding steroid dienone is 2. The molecule has 0 aromatic heterocycles. The molecule has 7 nitrogen and oxygen atoms in total. The normalized spacial score (nSPS) is 16.5. The number of para-hydroxylation sites is 1. The van der Waals surface area contributed by atoms with Crippen molar-refractivity contribution in [2.24, 2.45) is 4.99 Å². The van der Waals surface area contributed by atoms with Crippen LogP contribution in [0.4, 0.5) is 4.39 Å². The predicted octanol–water partition coefficient (Wildman–Crippen LogP) is 5.00. The number of ether oxygens (including phenoxy) is 5. The fourth-order valence-corrected chi connectivity index (χ4v) is 3.92. The van der Waals surface area contributed by atoms with Gasteiger partial charge in [-0.25, -0.2) is 14.2 Å². The minimum absolute atomic E-state index is 0.0453. The van der Waals surface area contributed by atoms with E-state index in [-0.39, 0.29) is 17.2 Å². The maximum Gasteiger partial charge on any atom is 0.364 e. The van der Waals surface area contributed by atoms with E-state index in [1.807, 2.05) is 18.2 Å². The number of hydrogen-bond donors (Lipinski definition) is 0. The molecule has 0 spiro atoms. The standard InChI is InChI=1S/C27H20FNO6/c1-31-22-12-15(13-23(32-2)25(22)33-3)21-14-18(16-8-5-7-11-20(16)34-21)24-27(30)35-26(29-24)17-9-4-6-10-19(17)28/h4-14H,1-3H3/b24-18-. The van der Waals surface area contributed by atoms with Crippen molar-refractivity contribution in [3.8, 4) is 23.0 Å². The summed E-state index contributed by atoms with van der Waals surface area (Å²) in [7, 11) is 4.56. The van der Waals surface area contributed by atoms with Crippen LogP contribution in [0.15, 0.2) is 77.4 Å². The van der Waals surface area contributed by atoms with Crippen LogP contribution in [0.25, 0.3) is 11.3 Å². The van der Waals surface area contributed by atoms with Gasteiger partial charge in [-0.1, -0.05) is 30.3 Å². The highest BCUT2D eigenvalue weighted by molar-refractivity contribution is 6.16. The van der Waals surface area contributed by atoms with E-state index < -0.39 is 11.8 Å². The third kappa shape index (κ3) is 3.89. The van der Waals surface area contributed by atoms with Crippen molar-refractivity contribution < 1.29 is 32.9 Å². The van der Waals surface area contributed by atoms with Gasteiger partial charge >= 0.3 is 5.97 Å². The molecule has 0 fully saturated rings. The second-order valence-corrected chi connectivity index (χ2v) is 7.57. The fraction of sp³-hybridized carbons (Fsp3) is 0.111. The lowest BCUT2D eigenvalue weighted by atomic mass is 9.97. The van der Waals surface area contributed by atoms with Crippen LogP contribution in [0, 0.1) is 5.82 Å². The molecule has 0 radical (unpaired) electrons. The van der Waals surface area contributed by atoms with Crippen molar-refractivity contribution in [2.45, 2.75) is 0 Å². The highest BCUT2D eigenvalue weighted by Gasteiger charge is 2.32. The number of benzene rings is 3. The van der Waals surface area contributed by atoms with E-state index in [2.05, 4.69) is 4.99 Å². The molecule has 0 bridgehead atoms. The van der Waals surface area contributed by atoms with Crippen LogP contribution in [0.3, 0.4) is 0 Å². The largest absolute Gasteiger partial charge is 0.493 e. The molecule has 5 rings (SSSR count). The number of carbonyl (C=O) groups is 1. The Bertz CT molecular complexity index is 1410. The Kier molecular flexibility index (Phi) is 5.70. The smallest absolute Gasteiger partial charge is 0.364 e. The van der Waals surface area contributed by atoms with Crippen LogP contribution in [-0.2, 0) is 9.53 Å². The summed E-state index contributed by atoms with van der Waals surface area (Å²) in [6.07, 6.45) is 1.69. The first kappa shape index (κ1) is 22.2. The number of nitrogens with zero attached hydrogens (tertiary/aromatic N) is 1. The van der Waals surface area contributed by atoms with Crippen LogP contribution in [-0.4, -0.2) is 33.2 Å². The molecule has 0 saturated heterocycles. The van der Waals surface area contributed by atoms with Gasteiger partial charge in [0.2, 0.25) is 11.6 Å². The minimum Gasteiger partial charge on any atom is -0.493 e. The number of carbonyl (C=O) groups excluding carboxylic acids is 1. The Morgan fingerprint density at radius 3 is 2.14 bits per heavy atom. The zero-order valence-corrected chi connectivity index (χ0v) is 19.1. The van der Waals surface area contributed by atoms with Crippen LogP contribution in [0.1, 0.15) is 16.7 Å². The van der Waals surface area contributed by atoms with Crippen LogP contribution >= 0.6 is 0 Å². The Hall–Kier alpha value is -4.59. The predicted molar refractivity (Wildman–Crippen MR) is 127 cm³/mol. The van der Waals surface area contributed by atoms with Gasteiger partial charge < -0.3 is 23.7 Å². The molecule has 35 heavy (non-hydrogen) atoms. The quantitative estimate of drug-likeness (QED) is 0.384. The van der Waals surface area contributed by atoms with Crippen LogP contribution in [0.2, 0.25) is 0 Å². The van der Waals surface area contributed by atoms with Gasteiger partial charge in [0.15, 0.2) is 17.2 Å². The average Bonchev–Trinajstić information content (AvgIpc) is 3.28. The minimum atomic E-state index is -0.685. The van der Waals surface area contributed by atoms with E-state index in [0.29, 0.717) is 45.5 Å². The summed E-state index contributed by atoms with van der Waals surface area (Å²) in [6, 6.07) is 16.7. The monoisotopic (exact) mass is 473 g/mol. The van der Waals surface area contributed by atoms with E-state index in [4.69, 9.17) is 23.7 Å². The molecule has 0 saturated carbocycles. The molecular weight excluding hydrogens is 453 g/mol. The van der Waals surface area contributed by atoms with E-state index >= 15 is 0 Å². The Morgan fingerprint density at radius 2 is 1.49 bits per heavy atom. The number of rotatable bonds is 5. The van der Waals surface area contributed by atoms with Gasteiger partial charge in [0.25, 0.3) is 0 Å². The number of esters is 1. The first-order chi connectivity index (χ1) is 17.0. The molecule has 0 amide bonds. The van der Waals surface area contributed by atoms with E-state index in [1.54, 1.807) is 36.4 Å². The van der Waals surface area contributed by atoms with Gasteiger partial charge in [0, 0.05) is 16.7 Å². The highest BCUT2D eigenvalue weighted by Crippen LogP contribution is 2.44. The molecule has 2 heterocycles. The number of hydrogen-bond acceptors (Lipinski definition) is 7. The first-order valence-corrected chi connectivity index (χ1v) is 10.6. The number of halogens is 1. The van der Waals surface area contributed by atoms with Crippen molar-refractivity contribution in [3.63, 3.8) is 0 Å². The molecule has 0 atom stereocenters. The lowest BCUT2D eigenvalue weighted by Crippen LogP contribution is -2.09. The molecule has 2 aliphatic heterocycles. The Balaban J connectivity index is 1.69. The molecule has 176 valence electrons. The number of methoxy groups -OCH3 is 3. The number of aliphatic imine (C=N–C) groups is 1. The van der Waals surface area contributed by atoms with Crippen molar-refractivity contribution in [2.75, 3.05) is 21.3 Å². The van der Waals surface area contributed by atoms with Gasteiger partial charge in [-0.15, -0.1) is 0 Å².